The number of likely N-dealkylation sites (tertiary alicyclic amines) is 1. The highest BCUT2D eigenvalue weighted by molar-refractivity contribution is 9.10. The Bertz CT molecular complexity index is 639. The Hall–Kier alpha value is -1.40. The molecule has 0 bridgehead atoms. The van der Waals surface area contributed by atoms with E-state index < -0.39 is 0 Å². The second-order valence-electron chi connectivity index (χ2n) is 5.14. The van der Waals surface area contributed by atoms with Crippen molar-refractivity contribution in [2.75, 3.05) is 20.1 Å². The van der Waals surface area contributed by atoms with Crippen molar-refractivity contribution in [1.82, 2.24) is 20.4 Å². The van der Waals surface area contributed by atoms with E-state index in [1.807, 2.05) is 30.1 Å². The molecule has 1 aromatic carbocycles. The molecule has 0 radical (unpaired) electrons. The number of hydrogen-bond donors (Lipinski definition) is 2. The number of carbonyl (C=O) groups is 1. The molecule has 1 aliphatic heterocycles. The van der Waals surface area contributed by atoms with Gasteiger partial charge in [0.25, 0.3) is 5.91 Å². The van der Waals surface area contributed by atoms with Crippen LogP contribution in [0.15, 0.2) is 22.7 Å². The minimum Gasteiger partial charge on any atom is -0.336 e. The van der Waals surface area contributed by atoms with Gasteiger partial charge >= 0.3 is 0 Å². The van der Waals surface area contributed by atoms with Crippen LogP contribution in [0.3, 0.4) is 0 Å². The van der Waals surface area contributed by atoms with E-state index in [0.717, 1.165) is 41.3 Å². The second kappa shape index (κ2) is 5.54. The minimum absolute atomic E-state index is 0.00861. The molecule has 0 saturated carbocycles. The van der Waals surface area contributed by atoms with Gasteiger partial charge in [-0.2, -0.15) is 5.10 Å². The number of rotatable bonds is 2. The molecule has 1 aromatic heterocycles. The van der Waals surface area contributed by atoms with Crippen LogP contribution in [0.25, 0.3) is 10.9 Å². The molecule has 1 saturated heterocycles. The molecule has 106 valence electrons. The highest BCUT2D eigenvalue weighted by atomic mass is 79.9. The number of piperidine rings is 1. The maximum Gasteiger partial charge on any atom is 0.275 e. The molecule has 0 spiro atoms. The van der Waals surface area contributed by atoms with Gasteiger partial charge in [-0.25, -0.2) is 0 Å². The van der Waals surface area contributed by atoms with Crippen LogP contribution in [-0.4, -0.2) is 47.2 Å². The molecular formula is C14H17BrN4O. The molecule has 2 heterocycles. The summed E-state index contributed by atoms with van der Waals surface area (Å²) in [6, 6.07) is 6.18. The van der Waals surface area contributed by atoms with Crippen LogP contribution in [0.1, 0.15) is 23.3 Å². The zero-order valence-corrected chi connectivity index (χ0v) is 12.9. The first-order valence-corrected chi connectivity index (χ1v) is 7.58. The van der Waals surface area contributed by atoms with E-state index in [0.29, 0.717) is 11.7 Å². The maximum absolute atomic E-state index is 12.6. The van der Waals surface area contributed by atoms with Crippen LogP contribution in [0.2, 0.25) is 0 Å². The number of nitrogens with one attached hydrogen (secondary N) is 2. The van der Waals surface area contributed by atoms with E-state index in [9.17, 15) is 4.79 Å². The summed E-state index contributed by atoms with van der Waals surface area (Å²) < 4.78 is 0.951. The number of amides is 1. The van der Waals surface area contributed by atoms with Crippen molar-refractivity contribution in [3.8, 4) is 0 Å². The lowest BCUT2D eigenvalue weighted by Gasteiger charge is -2.32. The molecular weight excluding hydrogens is 320 g/mol. The maximum atomic E-state index is 12.6. The molecule has 6 heteroatoms. The predicted molar refractivity (Wildman–Crippen MR) is 81.8 cm³/mol. The van der Waals surface area contributed by atoms with Crippen molar-refractivity contribution in [3.63, 3.8) is 0 Å². The number of aromatic nitrogens is 2. The van der Waals surface area contributed by atoms with Crippen molar-refractivity contribution < 1.29 is 4.79 Å². The molecule has 1 aliphatic rings. The average molecular weight is 337 g/mol. The van der Waals surface area contributed by atoms with Crippen molar-refractivity contribution in [2.45, 2.75) is 18.9 Å². The number of halogens is 1. The molecule has 0 aliphatic carbocycles. The normalized spacial score (nSPS) is 19.5. The SMILES string of the molecule is CN[C@H]1CCCN(C(=O)c2n[nH]c3ccc(Br)cc23)C1. The van der Waals surface area contributed by atoms with E-state index in [4.69, 9.17) is 0 Å². The molecule has 1 amide bonds. The Kier molecular flexibility index (Phi) is 3.76. The Balaban J connectivity index is 1.90. The van der Waals surface area contributed by atoms with Gasteiger partial charge in [-0.15, -0.1) is 0 Å². The fourth-order valence-electron chi connectivity index (χ4n) is 2.70. The minimum atomic E-state index is 0.00861. The van der Waals surface area contributed by atoms with Crippen molar-refractivity contribution >= 4 is 32.7 Å². The number of hydrogen-bond acceptors (Lipinski definition) is 3. The van der Waals surface area contributed by atoms with Gasteiger partial charge in [0.05, 0.1) is 5.52 Å². The Labute approximate surface area is 125 Å². The summed E-state index contributed by atoms with van der Waals surface area (Å²) in [7, 11) is 1.94. The molecule has 3 rings (SSSR count). The van der Waals surface area contributed by atoms with Gasteiger partial charge in [0, 0.05) is 29.0 Å². The number of fused-ring (bicyclic) bond motifs is 1. The summed E-state index contributed by atoms with van der Waals surface area (Å²) in [4.78, 5) is 14.5. The zero-order chi connectivity index (χ0) is 14.1. The number of nitrogens with zero attached hydrogens (tertiary/aromatic N) is 2. The first-order chi connectivity index (χ1) is 9.69. The molecule has 1 atom stereocenters. The van der Waals surface area contributed by atoms with Gasteiger partial charge in [-0.1, -0.05) is 15.9 Å². The van der Waals surface area contributed by atoms with Gasteiger partial charge in [-0.3, -0.25) is 9.89 Å². The van der Waals surface area contributed by atoms with E-state index in [2.05, 4.69) is 31.4 Å². The van der Waals surface area contributed by atoms with Gasteiger partial charge < -0.3 is 10.2 Å². The third kappa shape index (κ3) is 2.45. The van der Waals surface area contributed by atoms with Crippen LogP contribution >= 0.6 is 15.9 Å². The molecule has 2 N–H and O–H groups in total. The summed E-state index contributed by atoms with van der Waals surface area (Å²) >= 11 is 3.44. The standard InChI is InChI=1S/C14H17BrN4O/c1-16-10-3-2-6-19(8-10)14(20)13-11-7-9(15)4-5-12(11)17-18-13/h4-5,7,10,16H,2-3,6,8H2,1H3,(H,17,18)/t10-/m0/s1. The number of benzene rings is 1. The molecule has 1 fully saturated rings. The van der Waals surface area contributed by atoms with E-state index in [1.54, 1.807) is 0 Å². The Morgan fingerprint density at radius 3 is 3.20 bits per heavy atom. The lowest BCUT2D eigenvalue weighted by molar-refractivity contribution is 0.0694. The Morgan fingerprint density at radius 1 is 1.55 bits per heavy atom. The van der Waals surface area contributed by atoms with E-state index in [-0.39, 0.29) is 5.91 Å². The molecule has 5 nitrogen and oxygen atoms in total. The Morgan fingerprint density at radius 2 is 2.40 bits per heavy atom. The lowest BCUT2D eigenvalue weighted by atomic mass is 10.1. The second-order valence-corrected chi connectivity index (χ2v) is 6.06. The quantitative estimate of drug-likeness (QED) is 0.883. The first kappa shape index (κ1) is 13.6. The first-order valence-electron chi connectivity index (χ1n) is 6.79. The highest BCUT2D eigenvalue weighted by Crippen LogP contribution is 2.23. The lowest BCUT2D eigenvalue weighted by Crippen LogP contribution is -2.47. The average Bonchev–Trinajstić information content (AvgIpc) is 2.89. The third-order valence-electron chi connectivity index (χ3n) is 3.84. The summed E-state index contributed by atoms with van der Waals surface area (Å²) in [6.45, 7) is 1.55. The van der Waals surface area contributed by atoms with E-state index >= 15 is 0 Å². The fourth-order valence-corrected chi connectivity index (χ4v) is 3.06. The number of H-pyrrole nitrogens is 1. The van der Waals surface area contributed by atoms with Gasteiger partial charge in [-0.05, 0) is 38.1 Å². The van der Waals surface area contributed by atoms with Crippen LogP contribution < -0.4 is 5.32 Å². The third-order valence-corrected chi connectivity index (χ3v) is 4.34. The van der Waals surface area contributed by atoms with Crippen LogP contribution in [0.4, 0.5) is 0 Å². The van der Waals surface area contributed by atoms with Gasteiger partial charge in [0.2, 0.25) is 0 Å². The molecule has 0 unspecified atom stereocenters. The van der Waals surface area contributed by atoms with E-state index in [1.165, 1.54) is 0 Å². The zero-order valence-electron chi connectivity index (χ0n) is 11.3. The molecule has 20 heavy (non-hydrogen) atoms. The predicted octanol–water partition coefficient (Wildman–Crippen LogP) is 2.15. The van der Waals surface area contributed by atoms with Crippen molar-refractivity contribution in [3.05, 3.63) is 28.4 Å². The number of likely N-dealkylation sites (N-methyl/N-ethyl adjacent to an activating group) is 1. The summed E-state index contributed by atoms with van der Waals surface area (Å²) in [5.74, 6) is 0.00861. The van der Waals surface area contributed by atoms with Crippen LogP contribution in [-0.2, 0) is 0 Å². The number of aromatic amines is 1. The fraction of sp³-hybridized carbons (Fsp3) is 0.429. The monoisotopic (exact) mass is 336 g/mol. The smallest absolute Gasteiger partial charge is 0.275 e. The number of carbonyl (C=O) groups excluding carboxylic acids is 1. The van der Waals surface area contributed by atoms with Gasteiger partial charge in [0.15, 0.2) is 5.69 Å². The van der Waals surface area contributed by atoms with Gasteiger partial charge in [0.1, 0.15) is 0 Å². The summed E-state index contributed by atoms with van der Waals surface area (Å²) in [5, 5.41) is 11.3. The van der Waals surface area contributed by atoms with Crippen LogP contribution in [0, 0.1) is 0 Å². The summed E-state index contributed by atoms with van der Waals surface area (Å²) in [6.07, 6.45) is 2.15. The molecule has 2 aromatic rings. The van der Waals surface area contributed by atoms with Crippen molar-refractivity contribution in [1.29, 1.82) is 0 Å². The van der Waals surface area contributed by atoms with Crippen molar-refractivity contribution in [2.24, 2.45) is 0 Å². The topological polar surface area (TPSA) is 61.0 Å². The van der Waals surface area contributed by atoms with Crippen LogP contribution in [0.5, 0.6) is 0 Å². The largest absolute Gasteiger partial charge is 0.336 e. The summed E-state index contributed by atoms with van der Waals surface area (Å²) in [5.41, 5.74) is 1.40. The highest BCUT2D eigenvalue weighted by Gasteiger charge is 2.26.